The predicted octanol–water partition coefficient (Wildman–Crippen LogP) is 3.83. The van der Waals surface area contributed by atoms with E-state index in [1.165, 1.54) is 4.90 Å². The third kappa shape index (κ3) is 2.93. The number of amides is 2. The number of anilines is 1. The van der Waals surface area contributed by atoms with Gasteiger partial charge < -0.3 is 10.1 Å². The van der Waals surface area contributed by atoms with Gasteiger partial charge in [0.15, 0.2) is 5.65 Å². The van der Waals surface area contributed by atoms with Gasteiger partial charge in [-0.05, 0) is 43.2 Å². The number of aromatic nitrogens is 2. The van der Waals surface area contributed by atoms with Crippen LogP contribution in [0.3, 0.4) is 0 Å². The highest BCUT2D eigenvalue weighted by atomic mass is 35.5. The Balaban J connectivity index is 1.55. The molecule has 1 fully saturated rings. The molecule has 0 saturated heterocycles. The Morgan fingerprint density at radius 1 is 1.11 bits per heavy atom. The SMILES string of the molecule is O=C(NC1CC1)OC1c2ccccc2C(=O)N1c1ccc2ccc(Cl)nc2n1. The van der Waals surface area contributed by atoms with Crippen molar-refractivity contribution in [3.05, 3.63) is 64.8 Å². The summed E-state index contributed by atoms with van der Waals surface area (Å²) < 4.78 is 5.63. The van der Waals surface area contributed by atoms with Crippen molar-refractivity contribution in [3.8, 4) is 0 Å². The first kappa shape index (κ1) is 16.9. The summed E-state index contributed by atoms with van der Waals surface area (Å²) in [5, 5.41) is 3.89. The fourth-order valence-corrected chi connectivity index (χ4v) is 3.40. The number of rotatable bonds is 3. The average molecular weight is 395 g/mol. The molecular formula is C20H15ClN4O3. The van der Waals surface area contributed by atoms with E-state index in [0.717, 1.165) is 18.2 Å². The number of hydrogen-bond acceptors (Lipinski definition) is 5. The Bertz CT molecular complexity index is 1120. The molecule has 2 aliphatic rings. The second-order valence-corrected chi connectivity index (χ2v) is 7.18. The zero-order chi connectivity index (χ0) is 19.3. The molecule has 1 atom stereocenters. The smallest absolute Gasteiger partial charge is 0.409 e. The van der Waals surface area contributed by atoms with Gasteiger partial charge in [-0.1, -0.05) is 29.8 Å². The van der Waals surface area contributed by atoms with Gasteiger partial charge in [-0.2, -0.15) is 0 Å². The number of hydrogen-bond donors (Lipinski definition) is 1. The molecule has 1 aliphatic heterocycles. The van der Waals surface area contributed by atoms with E-state index in [-0.39, 0.29) is 11.9 Å². The van der Waals surface area contributed by atoms with Crippen molar-refractivity contribution in [2.24, 2.45) is 0 Å². The van der Waals surface area contributed by atoms with E-state index in [4.69, 9.17) is 16.3 Å². The summed E-state index contributed by atoms with van der Waals surface area (Å²) in [4.78, 5) is 35.4. The topological polar surface area (TPSA) is 84.4 Å². The van der Waals surface area contributed by atoms with E-state index in [1.54, 1.807) is 48.5 Å². The molecule has 1 aromatic carbocycles. The number of nitrogens with zero attached hydrogens (tertiary/aromatic N) is 3. The minimum absolute atomic E-state index is 0.151. The summed E-state index contributed by atoms with van der Waals surface area (Å²) in [5.74, 6) is 0.0568. The van der Waals surface area contributed by atoms with Gasteiger partial charge >= 0.3 is 6.09 Å². The standard InChI is InChI=1S/C20H15ClN4O3/c21-15-9-5-11-6-10-16(24-17(11)23-15)25-18(26)13-3-1-2-4-14(13)19(25)28-20(27)22-12-7-8-12/h1-6,9-10,12,19H,7-8H2,(H,22,27). The summed E-state index contributed by atoms with van der Waals surface area (Å²) in [7, 11) is 0. The largest absolute Gasteiger partial charge is 0.420 e. The normalized spacial score (nSPS) is 18.2. The second-order valence-electron chi connectivity index (χ2n) is 6.79. The van der Waals surface area contributed by atoms with Crippen molar-refractivity contribution < 1.29 is 14.3 Å². The molecule has 1 saturated carbocycles. The van der Waals surface area contributed by atoms with Gasteiger partial charge in [-0.15, -0.1) is 0 Å². The van der Waals surface area contributed by atoms with Gasteiger partial charge in [0.1, 0.15) is 11.0 Å². The fourth-order valence-electron chi connectivity index (χ4n) is 3.25. The van der Waals surface area contributed by atoms with Gasteiger partial charge in [0.2, 0.25) is 6.23 Å². The maximum Gasteiger partial charge on any atom is 0.409 e. The summed E-state index contributed by atoms with van der Waals surface area (Å²) >= 11 is 5.97. The first-order valence-corrected chi connectivity index (χ1v) is 9.31. The van der Waals surface area contributed by atoms with Crippen LogP contribution in [-0.2, 0) is 4.74 Å². The zero-order valence-electron chi connectivity index (χ0n) is 14.6. The number of carbonyl (C=O) groups is 2. The average Bonchev–Trinajstić information content (AvgIpc) is 3.46. The van der Waals surface area contributed by atoms with Crippen LogP contribution < -0.4 is 10.2 Å². The van der Waals surface area contributed by atoms with Gasteiger partial charge in [-0.25, -0.2) is 14.8 Å². The molecule has 2 amide bonds. The number of halogens is 1. The summed E-state index contributed by atoms with van der Waals surface area (Å²) in [6.45, 7) is 0. The molecule has 0 bridgehead atoms. The molecule has 1 aliphatic carbocycles. The number of fused-ring (bicyclic) bond motifs is 2. The third-order valence-corrected chi connectivity index (χ3v) is 4.99. The van der Waals surface area contributed by atoms with E-state index in [9.17, 15) is 9.59 Å². The Labute approximate surface area is 165 Å². The highest BCUT2D eigenvalue weighted by molar-refractivity contribution is 6.29. The molecule has 7 nitrogen and oxygen atoms in total. The van der Waals surface area contributed by atoms with Gasteiger partial charge in [-0.3, -0.25) is 9.69 Å². The summed E-state index contributed by atoms with van der Waals surface area (Å²) in [5.41, 5.74) is 1.52. The van der Waals surface area contributed by atoms with Crippen LogP contribution in [0.15, 0.2) is 48.5 Å². The second kappa shape index (κ2) is 6.45. The van der Waals surface area contributed by atoms with Crippen molar-refractivity contribution in [2.75, 3.05) is 4.90 Å². The van der Waals surface area contributed by atoms with Crippen LogP contribution in [0.4, 0.5) is 10.6 Å². The minimum Gasteiger partial charge on any atom is -0.420 e. The molecule has 8 heteroatoms. The zero-order valence-corrected chi connectivity index (χ0v) is 15.4. The fraction of sp³-hybridized carbons (Fsp3) is 0.200. The van der Waals surface area contributed by atoms with Crippen LogP contribution in [-0.4, -0.2) is 28.0 Å². The minimum atomic E-state index is -0.897. The number of ether oxygens (including phenoxy) is 1. The van der Waals surface area contributed by atoms with Gasteiger partial charge in [0.05, 0.1) is 0 Å². The predicted molar refractivity (Wildman–Crippen MR) is 103 cm³/mol. The Kier molecular flexibility index (Phi) is 3.91. The van der Waals surface area contributed by atoms with E-state index >= 15 is 0 Å². The van der Waals surface area contributed by atoms with Crippen LogP contribution in [0.1, 0.15) is 35.0 Å². The lowest BCUT2D eigenvalue weighted by Crippen LogP contribution is -2.35. The van der Waals surface area contributed by atoms with Crippen LogP contribution in [0.25, 0.3) is 11.0 Å². The van der Waals surface area contributed by atoms with Crippen LogP contribution in [0.5, 0.6) is 0 Å². The van der Waals surface area contributed by atoms with E-state index in [0.29, 0.717) is 27.7 Å². The van der Waals surface area contributed by atoms with Crippen molar-refractivity contribution in [1.82, 2.24) is 15.3 Å². The Morgan fingerprint density at radius 3 is 2.71 bits per heavy atom. The lowest BCUT2D eigenvalue weighted by molar-refractivity contribution is 0.0829. The van der Waals surface area contributed by atoms with Crippen LogP contribution in [0.2, 0.25) is 5.15 Å². The maximum atomic E-state index is 13.1. The van der Waals surface area contributed by atoms with Crippen molar-refractivity contribution in [2.45, 2.75) is 25.1 Å². The monoisotopic (exact) mass is 394 g/mol. The van der Waals surface area contributed by atoms with Crippen LogP contribution >= 0.6 is 11.6 Å². The quantitative estimate of drug-likeness (QED) is 0.682. The first-order chi connectivity index (χ1) is 13.6. The first-order valence-electron chi connectivity index (χ1n) is 8.93. The molecule has 5 rings (SSSR count). The number of nitrogens with one attached hydrogen (secondary N) is 1. The molecular weight excluding hydrogens is 380 g/mol. The molecule has 1 N–H and O–H groups in total. The number of benzene rings is 1. The number of alkyl carbamates (subject to hydrolysis) is 1. The Hall–Kier alpha value is -3.19. The lowest BCUT2D eigenvalue weighted by Gasteiger charge is -2.24. The third-order valence-electron chi connectivity index (χ3n) is 4.78. The molecule has 3 aromatic rings. The molecule has 140 valence electrons. The Morgan fingerprint density at radius 2 is 1.89 bits per heavy atom. The maximum absolute atomic E-state index is 13.1. The highest BCUT2D eigenvalue weighted by Crippen LogP contribution is 2.38. The van der Waals surface area contributed by atoms with Crippen molar-refractivity contribution in [1.29, 1.82) is 0 Å². The molecule has 28 heavy (non-hydrogen) atoms. The molecule has 0 spiro atoms. The molecule has 1 unspecified atom stereocenters. The van der Waals surface area contributed by atoms with Crippen molar-refractivity contribution in [3.63, 3.8) is 0 Å². The highest BCUT2D eigenvalue weighted by Gasteiger charge is 2.41. The molecule has 0 radical (unpaired) electrons. The van der Waals surface area contributed by atoms with Gasteiger partial charge in [0, 0.05) is 22.6 Å². The van der Waals surface area contributed by atoms with Crippen LogP contribution in [0, 0.1) is 0 Å². The summed E-state index contributed by atoms with van der Waals surface area (Å²) in [6.07, 6.45) is 0.436. The lowest BCUT2D eigenvalue weighted by atomic mass is 10.1. The summed E-state index contributed by atoms with van der Waals surface area (Å²) in [6, 6.07) is 14.2. The van der Waals surface area contributed by atoms with E-state index in [2.05, 4.69) is 15.3 Å². The van der Waals surface area contributed by atoms with E-state index in [1.807, 2.05) is 0 Å². The molecule has 2 aromatic heterocycles. The number of pyridine rings is 2. The number of carbonyl (C=O) groups excluding carboxylic acids is 2. The van der Waals surface area contributed by atoms with Gasteiger partial charge in [0.25, 0.3) is 5.91 Å². The van der Waals surface area contributed by atoms with E-state index < -0.39 is 12.3 Å². The molecule has 3 heterocycles. The van der Waals surface area contributed by atoms with Crippen molar-refractivity contribution >= 4 is 40.5 Å².